The minimum absolute atomic E-state index is 0.364. The predicted molar refractivity (Wildman–Crippen MR) is 58.3 cm³/mol. The summed E-state index contributed by atoms with van der Waals surface area (Å²) in [5.41, 5.74) is 2.84. The van der Waals surface area contributed by atoms with Gasteiger partial charge in [-0.3, -0.25) is 5.10 Å². The first-order chi connectivity index (χ1) is 7.09. The van der Waals surface area contributed by atoms with E-state index in [0.29, 0.717) is 4.88 Å². The van der Waals surface area contributed by atoms with Crippen LogP contribution in [0.5, 0.6) is 0 Å². The van der Waals surface area contributed by atoms with Crippen LogP contribution in [-0.2, 0) is 0 Å². The van der Waals surface area contributed by atoms with E-state index in [4.69, 9.17) is 5.11 Å². The average molecular weight is 222 g/mol. The van der Waals surface area contributed by atoms with E-state index >= 15 is 0 Å². The van der Waals surface area contributed by atoms with Crippen molar-refractivity contribution in [3.63, 3.8) is 0 Å². The van der Waals surface area contributed by atoms with E-state index < -0.39 is 5.97 Å². The van der Waals surface area contributed by atoms with E-state index in [1.165, 1.54) is 11.3 Å². The van der Waals surface area contributed by atoms with E-state index in [1.54, 1.807) is 12.3 Å². The van der Waals surface area contributed by atoms with Gasteiger partial charge in [0.05, 0.1) is 5.69 Å². The molecule has 0 fully saturated rings. The summed E-state index contributed by atoms with van der Waals surface area (Å²) >= 11 is 1.28. The highest BCUT2D eigenvalue weighted by Crippen LogP contribution is 2.33. The molecule has 4 nitrogen and oxygen atoms in total. The minimum Gasteiger partial charge on any atom is -0.477 e. The lowest BCUT2D eigenvalue weighted by molar-refractivity contribution is 0.0702. The Hall–Kier alpha value is -1.62. The van der Waals surface area contributed by atoms with Crippen LogP contribution in [0, 0.1) is 13.8 Å². The number of aromatic nitrogens is 2. The van der Waals surface area contributed by atoms with Gasteiger partial charge in [-0.25, -0.2) is 4.79 Å². The number of aryl methyl sites for hydroxylation is 2. The van der Waals surface area contributed by atoms with Crippen molar-refractivity contribution in [1.29, 1.82) is 0 Å². The maximum atomic E-state index is 10.8. The Morgan fingerprint density at radius 3 is 2.73 bits per heavy atom. The van der Waals surface area contributed by atoms with Gasteiger partial charge >= 0.3 is 5.97 Å². The summed E-state index contributed by atoms with van der Waals surface area (Å²) in [4.78, 5) is 12.1. The van der Waals surface area contributed by atoms with Gasteiger partial charge < -0.3 is 5.11 Å². The molecule has 78 valence electrons. The Morgan fingerprint density at radius 2 is 2.27 bits per heavy atom. The fourth-order valence-corrected chi connectivity index (χ4v) is 2.52. The second-order valence-electron chi connectivity index (χ2n) is 3.31. The molecular weight excluding hydrogens is 212 g/mol. The molecular formula is C10H10N2O2S. The smallest absolute Gasteiger partial charge is 0.345 e. The first-order valence-corrected chi connectivity index (χ1v) is 5.25. The van der Waals surface area contributed by atoms with Crippen LogP contribution in [0.3, 0.4) is 0 Å². The van der Waals surface area contributed by atoms with Crippen molar-refractivity contribution in [3.8, 4) is 10.4 Å². The van der Waals surface area contributed by atoms with Crippen molar-refractivity contribution < 1.29 is 9.90 Å². The highest BCUT2D eigenvalue weighted by Gasteiger charge is 2.14. The first kappa shape index (κ1) is 9.92. The molecule has 2 aromatic rings. The number of aromatic amines is 1. The zero-order valence-corrected chi connectivity index (χ0v) is 9.18. The Kier molecular flexibility index (Phi) is 2.32. The fourth-order valence-electron chi connectivity index (χ4n) is 1.44. The summed E-state index contributed by atoms with van der Waals surface area (Å²) in [5, 5.41) is 15.7. The molecule has 0 aliphatic carbocycles. The van der Waals surface area contributed by atoms with Gasteiger partial charge in [0, 0.05) is 16.6 Å². The van der Waals surface area contributed by atoms with Crippen molar-refractivity contribution in [3.05, 3.63) is 28.4 Å². The number of carboxylic acids is 1. The van der Waals surface area contributed by atoms with E-state index in [-0.39, 0.29) is 0 Å². The number of thiophene rings is 1. The van der Waals surface area contributed by atoms with Crippen LogP contribution in [0.25, 0.3) is 10.4 Å². The molecule has 0 amide bonds. The minimum atomic E-state index is -0.879. The van der Waals surface area contributed by atoms with Gasteiger partial charge in [0.15, 0.2) is 0 Å². The molecule has 0 radical (unpaired) electrons. The molecule has 2 rings (SSSR count). The number of nitrogens with one attached hydrogen (secondary N) is 1. The summed E-state index contributed by atoms with van der Waals surface area (Å²) < 4.78 is 0. The third kappa shape index (κ3) is 1.66. The quantitative estimate of drug-likeness (QED) is 0.820. The highest BCUT2D eigenvalue weighted by molar-refractivity contribution is 7.17. The molecule has 15 heavy (non-hydrogen) atoms. The molecule has 0 saturated carbocycles. The van der Waals surface area contributed by atoms with Gasteiger partial charge in [0.25, 0.3) is 0 Å². The van der Waals surface area contributed by atoms with E-state index in [0.717, 1.165) is 21.7 Å². The van der Waals surface area contributed by atoms with Crippen LogP contribution >= 0.6 is 11.3 Å². The van der Waals surface area contributed by atoms with Gasteiger partial charge in [0.1, 0.15) is 4.88 Å². The van der Waals surface area contributed by atoms with Crippen molar-refractivity contribution in [1.82, 2.24) is 10.2 Å². The predicted octanol–water partition coefficient (Wildman–Crippen LogP) is 2.45. The number of carbonyl (C=O) groups is 1. The largest absolute Gasteiger partial charge is 0.477 e. The monoisotopic (exact) mass is 222 g/mol. The van der Waals surface area contributed by atoms with E-state index in [2.05, 4.69) is 10.2 Å². The van der Waals surface area contributed by atoms with Crippen molar-refractivity contribution in [2.45, 2.75) is 13.8 Å². The summed E-state index contributed by atoms with van der Waals surface area (Å²) in [7, 11) is 0. The Balaban J connectivity index is 2.54. The molecule has 0 atom stereocenters. The third-order valence-corrected chi connectivity index (χ3v) is 3.46. The number of hydrogen-bond donors (Lipinski definition) is 2. The Bertz CT molecular complexity index is 513. The summed E-state index contributed by atoms with van der Waals surface area (Å²) in [5.74, 6) is -0.879. The Labute approximate surface area is 90.6 Å². The topological polar surface area (TPSA) is 66.0 Å². The van der Waals surface area contributed by atoms with Crippen LogP contribution in [0.15, 0.2) is 12.3 Å². The van der Waals surface area contributed by atoms with Crippen molar-refractivity contribution in [2.75, 3.05) is 0 Å². The van der Waals surface area contributed by atoms with Crippen molar-refractivity contribution >= 4 is 17.3 Å². The number of rotatable bonds is 2. The van der Waals surface area contributed by atoms with Crippen LogP contribution in [-0.4, -0.2) is 21.3 Å². The maximum Gasteiger partial charge on any atom is 0.345 e. The van der Waals surface area contributed by atoms with E-state index in [9.17, 15) is 4.79 Å². The molecule has 0 spiro atoms. The van der Waals surface area contributed by atoms with Crippen LogP contribution in [0.1, 0.15) is 20.9 Å². The number of H-pyrrole nitrogens is 1. The molecule has 5 heteroatoms. The zero-order valence-electron chi connectivity index (χ0n) is 8.37. The lowest BCUT2D eigenvalue weighted by Crippen LogP contribution is -1.89. The molecule has 2 heterocycles. The molecule has 0 saturated heterocycles. The molecule has 0 aromatic carbocycles. The zero-order chi connectivity index (χ0) is 11.0. The first-order valence-electron chi connectivity index (χ1n) is 4.44. The molecule has 0 unspecified atom stereocenters. The highest BCUT2D eigenvalue weighted by atomic mass is 32.1. The van der Waals surface area contributed by atoms with E-state index in [1.807, 2.05) is 13.8 Å². The van der Waals surface area contributed by atoms with Gasteiger partial charge in [-0.15, -0.1) is 11.3 Å². The molecule has 0 aliphatic rings. The van der Waals surface area contributed by atoms with Crippen LogP contribution in [0.4, 0.5) is 0 Å². The normalized spacial score (nSPS) is 10.5. The van der Waals surface area contributed by atoms with Gasteiger partial charge in [-0.2, -0.15) is 5.10 Å². The van der Waals surface area contributed by atoms with Crippen molar-refractivity contribution in [2.24, 2.45) is 0 Å². The number of aromatic carboxylic acids is 1. The lowest BCUT2D eigenvalue weighted by Gasteiger charge is -1.94. The number of carboxylic acid groups (broad SMARTS) is 1. The summed E-state index contributed by atoms with van der Waals surface area (Å²) in [6.07, 6.45) is 1.79. The molecule has 0 bridgehead atoms. The van der Waals surface area contributed by atoms with Crippen LogP contribution in [0.2, 0.25) is 0 Å². The van der Waals surface area contributed by atoms with Gasteiger partial charge in [-0.1, -0.05) is 0 Å². The Morgan fingerprint density at radius 1 is 1.53 bits per heavy atom. The molecule has 2 N–H and O–H groups in total. The SMILES string of the molecule is Cc1cc(C(=O)O)sc1-c1c[nH]nc1C. The molecule has 2 aromatic heterocycles. The fraction of sp³-hybridized carbons (Fsp3) is 0.200. The standard InChI is InChI=1S/C10H10N2O2S/c1-5-3-8(10(13)14)15-9(5)7-4-11-12-6(7)2/h3-4H,1-2H3,(H,11,12)(H,13,14). The third-order valence-electron chi connectivity index (χ3n) is 2.20. The second-order valence-corrected chi connectivity index (χ2v) is 4.36. The molecule has 0 aliphatic heterocycles. The summed E-state index contributed by atoms with van der Waals surface area (Å²) in [6.45, 7) is 3.80. The number of nitrogens with zero attached hydrogens (tertiary/aromatic N) is 1. The average Bonchev–Trinajstić information content (AvgIpc) is 2.71. The second kappa shape index (κ2) is 3.51. The van der Waals surface area contributed by atoms with Gasteiger partial charge in [-0.05, 0) is 25.5 Å². The maximum absolute atomic E-state index is 10.8. The van der Waals surface area contributed by atoms with Gasteiger partial charge in [0.2, 0.25) is 0 Å². The number of hydrogen-bond acceptors (Lipinski definition) is 3. The lowest BCUT2D eigenvalue weighted by atomic mass is 10.1. The summed E-state index contributed by atoms with van der Waals surface area (Å²) in [6, 6.07) is 1.69. The van der Waals surface area contributed by atoms with Crippen LogP contribution < -0.4 is 0 Å².